The van der Waals surface area contributed by atoms with Crippen LogP contribution in [0.25, 0.3) is 0 Å². The molecule has 16 heavy (non-hydrogen) atoms. The molecular weight excluding hydrogens is 350 g/mol. The van der Waals surface area contributed by atoms with E-state index in [9.17, 15) is 0 Å². The predicted molar refractivity (Wildman–Crippen MR) is 79.5 cm³/mol. The molecule has 0 spiro atoms. The Bertz CT molecular complexity index is 318. The lowest BCUT2D eigenvalue weighted by Crippen LogP contribution is -2.23. The quantitative estimate of drug-likeness (QED) is 0.510. The maximum atomic E-state index is 4.39. The van der Waals surface area contributed by atoms with Gasteiger partial charge in [0.25, 0.3) is 0 Å². The molecule has 0 unspecified atom stereocenters. The SMILES string of the molecule is CCC(CC)(CBr)CSc1ncccc1Br. The van der Waals surface area contributed by atoms with Crippen molar-refractivity contribution in [2.45, 2.75) is 31.7 Å². The molecule has 0 aromatic carbocycles. The van der Waals surface area contributed by atoms with Crippen molar-refractivity contribution in [2.75, 3.05) is 11.1 Å². The van der Waals surface area contributed by atoms with Crippen LogP contribution in [0.2, 0.25) is 0 Å². The summed E-state index contributed by atoms with van der Waals surface area (Å²) in [6.45, 7) is 4.53. The fraction of sp³-hybridized carbons (Fsp3) is 0.583. The zero-order valence-corrected chi connectivity index (χ0v) is 13.7. The minimum atomic E-state index is 0.391. The Balaban J connectivity index is 2.66. The molecule has 0 N–H and O–H groups in total. The molecule has 4 heteroatoms. The Morgan fingerprint density at radius 2 is 2.06 bits per heavy atom. The van der Waals surface area contributed by atoms with E-state index in [4.69, 9.17) is 0 Å². The zero-order valence-electron chi connectivity index (χ0n) is 9.67. The second-order valence-electron chi connectivity index (χ2n) is 3.92. The van der Waals surface area contributed by atoms with Crippen molar-refractivity contribution in [2.24, 2.45) is 5.41 Å². The van der Waals surface area contributed by atoms with Crippen molar-refractivity contribution in [3.63, 3.8) is 0 Å². The lowest BCUT2D eigenvalue weighted by atomic mass is 9.87. The first-order valence-electron chi connectivity index (χ1n) is 5.46. The number of pyridine rings is 1. The van der Waals surface area contributed by atoms with E-state index in [-0.39, 0.29) is 0 Å². The van der Waals surface area contributed by atoms with E-state index < -0.39 is 0 Å². The first kappa shape index (κ1) is 14.5. The molecule has 0 saturated heterocycles. The highest BCUT2D eigenvalue weighted by atomic mass is 79.9. The minimum Gasteiger partial charge on any atom is -0.249 e. The molecule has 1 nitrogen and oxygen atoms in total. The van der Waals surface area contributed by atoms with Gasteiger partial charge in [-0.15, -0.1) is 11.8 Å². The molecule has 1 aromatic rings. The lowest BCUT2D eigenvalue weighted by Gasteiger charge is -2.28. The number of halogens is 2. The van der Waals surface area contributed by atoms with Crippen LogP contribution in [0.4, 0.5) is 0 Å². The summed E-state index contributed by atoms with van der Waals surface area (Å²) in [5.41, 5.74) is 0.391. The van der Waals surface area contributed by atoms with Crippen LogP contribution < -0.4 is 0 Å². The van der Waals surface area contributed by atoms with Gasteiger partial charge in [-0.2, -0.15) is 0 Å². The van der Waals surface area contributed by atoms with Gasteiger partial charge in [0, 0.05) is 21.8 Å². The molecule has 1 rings (SSSR count). The van der Waals surface area contributed by atoms with Crippen molar-refractivity contribution < 1.29 is 0 Å². The summed E-state index contributed by atoms with van der Waals surface area (Å²) >= 11 is 9.01. The number of rotatable bonds is 6. The number of hydrogen-bond donors (Lipinski definition) is 0. The summed E-state index contributed by atoms with van der Waals surface area (Å²) in [6, 6.07) is 3.99. The Morgan fingerprint density at radius 1 is 1.38 bits per heavy atom. The van der Waals surface area contributed by atoms with Crippen LogP contribution in [0, 0.1) is 5.41 Å². The fourth-order valence-electron chi connectivity index (χ4n) is 1.38. The van der Waals surface area contributed by atoms with Crippen LogP contribution >= 0.6 is 43.6 Å². The molecule has 0 aliphatic rings. The van der Waals surface area contributed by atoms with E-state index >= 15 is 0 Å². The molecular formula is C12H17Br2NS. The molecule has 1 aromatic heterocycles. The molecule has 0 atom stereocenters. The normalized spacial score (nSPS) is 11.8. The van der Waals surface area contributed by atoms with Crippen molar-refractivity contribution in [3.8, 4) is 0 Å². The van der Waals surface area contributed by atoms with Crippen molar-refractivity contribution >= 4 is 43.6 Å². The molecule has 0 fully saturated rings. The molecule has 0 aliphatic carbocycles. The predicted octanol–water partition coefficient (Wildman–Crippen LogP) is 5.14. The van der Waals surface area contributed by atoms with Crippen LogP contribution in [0.5, 0.6) is 0 Å². The highest BCUT2D eigenvalue weighted by Crippen LogP contribution is 2.36. The van der Waals surface area contributed by atoms with Gasteiger partial charge in [-0.1, -0.05) is 29.8 Å². The number of hydrogen-bond acceptors (Lipinski definition) is 2. The van der Waals surface area contributed by atoms with Gasteiger partial charge in [0.15, 0.2) is 0 Å². The Morgan fingerprint density at radius 3 is 2.56 bits per heavy atom. The van der Waals surface area contributed by atoms with E-state index in [2.05, 4.69) is 50.7 Å². The van der Waals surface area contributed by atoms with Gasteiger partial charge in [0.2, 0.25) is 0 Å². The van der Waals surface area contributed by atoms with Crippen molar-refractivity contribution in [3.05, 3.63) is 22.8 Å². The first-order valence-corrected chi connectivity index (χ1v) is 8.36. The molecule has 0 radical (unpaired) electrons. The van der Waals surface area contributed by atoms with E-state index in [1.54, 1.807) is 0 Å². The van der Waals surface area contributed by atoms with E-state index in [1.807, 2.05) is 30.1 Å². The molecule has 90 valence electrons. The van der Waals surface area contributed by atoms with Gasteiger partial charge >= 0.3 is 0 Å². The maximum absolute atomic E-state index is 4.39. The maximum Gasteiger partial charge on any atom is 0.110 e. The van der Waals surface area contributed by atoms with Crippen LogP contribution in [-0.4, -0.2) is 16.1 Å². The topological polar surface area (TPSA) is 12.9 Å². The Hall–Kier alpha value is 0.460. The van der Waals surface area contributed by atoms with Gasteiger partial charge in [0.1, 0.15) is 5.03 Å². The van der Waals surface area contributed by atoms with E-state index in [1.165, 1.54) is 12.8 Å². The molecule has 1 heterocycles. The summed E-state index contributed by atoms with van der Waals surface area (Å²) in [4.78, 5) is 4.39. The third-order valence-electron chi connectivity index (χ3n) is 3.02. The molecule has 0 aliphatic heterocycles. The van der Waals surface area contributed by atoms with Gasteiger partial charge in [0.05, 0.1) is 0 Å². The standard InChI is InChI=1S/C12H17Br2NS/c1-3-12(4-2,8-13)9-16-11-10(14)6-5-7-15-11/h5-7H,3-4,8-9H2,1-2H3. The lowest BCUT2D eigenvalue weighted by molar-refractivity contribution is 0.359. The summed E-state index contributed by atoms with van der Waals surface area (Å²) in [5.74, 6) is 1.11. The van der Waals surface area contributed by atoms with Crippen molar-refractivity contribution in [1.82, 2.24) is 4.98 Å². The second-order valence-corrected chi connectivity index (χ2v) is 6.30. The first-order chi connectivity index (χ1) is 7.67. The largest absolute Gasteiger partial charge is 0.249 e. The fourth-order valence-corrected chi connectivity index (χ4v) is 4.53. The van der Waals surface area contributed by atoms with Crippen LogP contribution in [0.15, 0.2) is 27.8 Å². The summed E-state index contributed by atoms with van der Waals surface area (Å²) in [7, 11) is 0. The summed E-state index contributed by atoms with van der Waals surface area (Å²) in [5, 5.41) is 2.15. The highest BCUT2D eigenvalue weighted by Gasteiger charge is 2.25. The van der Waals surface area contributed by atoms with Crippen LogP contribution in [0.1, 0.15) is 26.7 Å². The molecule has 0 bridgehead atoms. The third-order valence-corrected chi connectivity index (χ3v) is 6.47. The third kappa shape index (κ3) is 3.74. The number of nitrogens with zero attached hydrogens (tertiary/aromatic N) is 1. The molecule has 0 saturated carbocycles. The summed E-state index contributed by atoms with van der Waals surface area (Å²) < 4.78 is 1.09. The average Bonchev–Trinajstić information content (AvgIpc) is 2.34. The number of aromatic nitrogens is 1. The number of thioether (sulfide) groups is 1. The second kappa shape index (κ2) is 7.02. The Labute approximate surface area is 119 Å². The zero-order chi connectivity index (χ0) is 12.0. The highest BCUT2D eigenvalue weighted by molar-refractivity contribution is 9.10. The number of alkyl halides is 1. The summed E-state index contributed by atoms with van der Waals surface area (Å²) in [6.07, 6.45) is 4.25. The average molecular weight is 367 g/mol. The van der Waals surface area contributed by atoms with E-state index in [0.717, 1.165) is 20.6 Å². The smallest absolute Gasteiger partial charge is 0.110 e. The van der Waals surface area contributed by atoms with E-state index in [0.29, 0.717) is 5.41 Å². The van der Waals surface area contributed by atoms with Crippen molar-refractivity contribution in [1.29, 1.82) is 0 Å². The molecule has 0 amide bonds. The monoisotopic (exact) mass is 365 g/mol. The van der Waals surface area contributed by atoms with Gasteiger partial charge < -0.3 is 0 Å². The van der Waals surface area contributed by atoms with Crippen LogP contribution in [0.3, 0.4) is 0 Å². The van der Waals surface area contributed by atoms with Gasteiger partial charge in [-0.25, -0.2) is 4.98 Å². The minimum absolute atomic E-state index is 0.391. The van der Waals surface area contributed by atoms with Gasteiger partial charge in [-0.3, -0.25) is 0 Å². The Kier molecular flexibility index (Phi) is 6.37. The van der Waals surface area contributed by atoms with Crippen LogP contribution in [-0.2, 0) is 0 Å². The van der Waals surface area contributed by atoms with Gasteiger partial charge in [-0.05, 0) is 46.3 Å².